The average molecular weight is 443 g/mol. The lowest BCUT2D eigenvalue weighted by Crippen LogP contribution is -2.26. The summed E-state index contributed by atoms with van der Waals surface area (Å²) in [7, 11) is 1.45. The van der Waals surface area contributed by atoms with E-state index in [0.29, 0.717) is 28.8 Å². The number of anilines is 1. The van der Waals surface area contributed by atoms with Crippen LogP contribution in [0.4, 0.5) is 5.69 Å². The van der Waals surface area contributed by atoms with E-state index >= 15 is 0 Å². The van der Waals surface area contributed by atoms with E-state index in [1.165, 1.54) is 7.05 Å². The quantitative estimate of drug-likeness (QED) is 0.440. The molecule has 0 unspecified atom stereocenters. The zero-order valence-electron chi connectivity index (χ0n) is 17.9. The number of carbonyl (C=O) groups excluding carboxylic acids is 2. The van der Waals surface area contributed by atoms with Gasteiger partial charge in [0, 0.05) is 18.1 Å². The van der Waals surface area contributed by atoms with Crippen LogP contribution in [0.5, 0.6) is 5.75 Å². The van der Waals surface area contributed by atoms with Crippen molar-refractivity contribution < 1.29 is 19.1 Å². The van der Waals surface area contributed by atoms with Gasteiger partial charge in [-0.3, -0.25) is 9.59 Å². The number of amides is 1. The van der Waals surface area contributed by atoms with Crippen LogP contribution in [-0.2, 0) is 23.2 Å². The normalized spacial score (nSPS) is 10.6. The summed E-state index contributed by atoms with van der Waals surface area (Å²) in [5, 5.41) is 7.38. The van der Waals surface area contributed by atoms with Crippen molar-refractivity contribution in [1.29, 1.82) is 0 Å². The highest BCUT2D eigenvalue weighted by Gasteiger charge is 2.18. The number of esters is 1. The molecule has 8 nitrogen and oxygen atoms in total. The van der Waals surface area contributed by atoms with Crippen molar-refractivity contribution in [3.05, 3.63) is 100 Å². The summed E-state index contributed by atoms with van der Waals surface area (Å²) in [5.74, 6) is -0.632. The van der Waals surface area contributed by atoms with Crippen molar-refractivity contribution >= 4 is 28.3 Å². The SMILES string of the molecule is Cn1nc(C(=O)OCC(=O)Nc2ccc(OCc3ccccc3)cc2)c2ccccc2c1=O. The highest BCUT2D eigenvalue weighted by atomic mass is 16.5. The Morgan fingerprint density at radius 2 is 1.58 bits per heavy atom. The number of benzene rings is 3. The topological polar surface area (TPSA) is 99.5 Å². The zero-order chi connectivity index (χ0) is 23.2. The molecule has 0 fully saturated rings. The Morgan fingerprint density at radius 1 is 0.909 bits per heavy atom. The third-order valence-corrected chi connectivity index (χ3v) is 4.87. The summed E-state index contributed by atoms with van der Waals surface area (Å²) in [4.78, 5) is 36.9. The molecule has 1 heterocycles. The summed E-state index contributed by atoms with van der Waals surface area (Å²) in [6, 6.07) is 23.3. The molecular formula is C25H21N3O5. The van der Waals surface area contributed by atoms with Crippen LogP contribution in [0.3, 0.4) is 0 Å². The smallest absolute Gasteiger partial charge is 0.359 e. The number of nitrogens with one attached hydrogen (secondary N) is 1. The van der Waals surface area contributed by atoms with E-state index < -0.39 is 18.5 Å². The van der Waals surface area contributed by atoms with Crippen LogP contribution in [-0.4, -0.2) is 28.3 Å². The highest BCUT2D eigenvalue weighted by Crippen LogP contribution is 2.17. The molecule has 1 N–H and O–H groups in total. The fraction of sp³-hybridized carbons (Fsp3) is 0.120. The molecule has 3 aromatic carbocycles. The van der Waals surface area contributed by atoms with Gasteiger partial charge in [-0.05, 0) is 35.9 Å². The first-order valence-corrected chi connectivity index (χ1v) is 10.2. The molecule has 0 atom stereocenters. The summed E-state index contributed by atoms with van der Waals surface area (Å²) < 4.78 is 11.9. The van der Waals surface area contributed by atoms with Crippen molar-refractivity contribution in [1.82, 2.24) is 9.78 Å². The predicted octanol–water partition coefficient (Wildman–Crippen LogP) is 3.31. The molecule has 1 aromatic heterocycles. The minimum absolute atomic E-state index is 0.0274. The standard InChI is InChI=1S/C25H21N3O5/c1-28-24(30)21-10-6-5-9-20(21)23(27-28)25(31)33-16-22(29)26-18-11-13-19(14-12-18)32-15-17-7-3-2-4-8-17/h2-14H,15-16H2,1H3,(H,26,29). The van der Waals surface area contributed by atoms with E-state index in [9.17, 15) is 14.4 Å². The van der Waals surface area contributed by atoms with Crippen molar-refractivity contribution in [2.75, 3.05) is 11.9 Å². The van der Waals surface area contributed by atoms with Crippen LogP contribution in [0.2, 0.25) is 0 Å². The maximum Gasteiger partial charge on any atom is 0.359 e. The van der Waals surface area contributed by atoms with E-state index in [0.717, 1.165) is 10.2 Å². The predicted molar refractivity (Wildman–Crippen MR) is 123 cm³/mol. The Morgan fingerprint density at radius 3 is 2.30 bits per heavy atom. The molecule has 0 saturated heterocycles. The van der Waals surface area contributed by atoms with Crippen LogP contribution in [0.25, 0.3) is 10.8 Å². The molecule has 0 bridgehead atoms. The molecule has 4 rings (SSSR count). The van der Waals surface area contributed by atoms with Gasteiger partial charge in [0.25, 0.3) is 11.5 Å². The first kappa shape index (κ1) is 21.8. The second-order valence-electron chi connectivity index (χ2n) is 7.25. The van der Waals surface area contributed by atoms with Crippen LogP contribution >= 0.6 is 0 Å². The molecule has 0 aliphatic heterocycles. The number of hydrogen-bond acceptors (Lipinski definition) is 6. The number of nitrogens with zero attached hydrogens (tertiary/aromatic N) is 2. The molecule has 0 saturated carbocycles. The second-order valence-corrected chi connectivity index (χ2v) is 7.25. The summed E-state index contributed by atoms with van der Waals surface area (Å²) >= 11 is 0. The monoisotopic (exact) mass is 443 g/mol. The number of rotatable bonds is 7. The Hall–Kier alpha value is -4.46. The van der Waals surface area contributed by atoms with Gasteiger partial charge in [-0.15, -0.1) is 0 Å². The molecule has 8 heteroatoms. The zero-order valence-corrected chi connectivity index (χ0v) is 17.9. The van der Waals surface area contributed by atoms with Crippen molar-refractivity contribution in [2.45, 2.75) is 6.61 Å². The van der Waals surface area contributed by atoms with Gasteiger partial charge in [0.1, 0.15) is 12.4 Å². The third-order valence-electron chi connectivity index (χ3n) is 4.87. The van der Waals surface area contributed by atoms with Gasteiger partial charge in [0.05, 0.1) is 5.39 Å². The fourth-order valence-electron chi connectivity index (χ4n) is 3.22. The number of aryl methyl sites for hydroxylation is 1. The van der Waals surface area contributed by atoms with Crippen LogP contribution in [0.15, 0.2) is 83.7 Å². The molecule has 166 valence electrons. The van der Waals surface area contributed by atoms with E-state index in [2.05, 4.69) is 10.4 Å². The van der Waals surface area contributed by atoms with Crippen LogP contribution in [0.1, 0.15) is 16.1 Å². The lowest BCUT2D eigenvalue weighted by Gasteiger charge is -2.10. The third kappa shape index (κ3) is 5.24. The maximum absolute atomic E-state index is 12.5. The Labute approximate surface area is 189 Å². The lowest BCUT2D eigenvalue weighted by molar-refractivity contribution is -0.119. The van der Waals surface area contributed by atoms with Crippen molar-refractivity contribution in [3.8, 4) is 5.75 Å². The fourth-order valence-corrected chi connectivity index (χ4v) is 3.22. The largest absolute Gasteiger partial charge is 0.489 e. The minimum atomic E-state index is -0.790. The molecule has 33 heavy (non-hydrogen) atoms. The van der Waals surface area contributed by atoms with E-state index in [4.69, 9.17) is 9.47 Å². The van der Waals surface area contributed by atoms with Gasteiger partial charge >= 0.3 is 5.97 Å². The van der Waals surface area contributed by atoms with Crippen LogP contribution in [0, 0.1) is 0 Å². The molecule has 0 spiro atoms. The lowest BCUT2D eigenvalue weighted by atomic mass is 10.1. The van der Waals surface area contributed by atoms with Gasteiger partial charge < -0.3 is 14.8 Å². The molecule has 1 amide bonds. The highest BCUT2D eigenvalue weighted by molar-refractivity contribution is 6.03. The molecule has 4 aromatic rings. The second kappa shape index (κ2) is 9.78. The Balaban J connectivity index is 1.33. The van der Waals surface area contributed by atoms with E-state index in [1.807, 2.05) is 30.3 Å². The number of fused-ring (bicyclic) bond motifs is 1. The molecule has 0 aliphatic rings. The van der Waals surface area contributed by atoms with E-state index in [1.54, 1.807) is 48.5 Å². The van der Waals surface area contributed by atoms with Crippen molar-refractivity contribution in [3.63, 3.8) is 0 Å². The first-order valence-electron chi connectivity index (χ1n) is 10.2. The van der Waals surface area contributed by atoms with Gasteiger partial charge in [-0.1, -0.05) is 48.5 Å². The van der Waals surface area contributed by atoms with Gasteiger partial charge in [-0.25, -0.2) is 9.48 Å². The molecular weight excluding hydrogens is 422 g/mol. The summed E-state index contributed by atoms with van der Waals surface area (Å²) in [6.07, 6.45) is 0. The Bertz CT molecular complexity index is 1350. The van der Waals surface area contributed by atoms with Gasteiger partial charge in [-0.2, -0.15) is 5.10 Å². The number of ether oxygens (including phenoxy) is 2. The summed E-state index contributed by atoms with van der Waals surface area (Å²) in [5.41, 5.74) is 1.24. The number of carbonyl (C=O) groups is 2. The van der Waals surface area contributed by atoms with E-state index in [-0.39, 0.29) is 11.3 Å². The van der Waals surface area contributed by atoms with Gasteiger partial charge in [0.15, 0.2) is 12.3 Å². The minimum Gasteiger partial charge on any atom is -0.489 e. The maximum atomic E-state index is 12.5. The first-order chi connectivity index (χ1) is 16.0. The van der Waals surface area contributed by atoms with Crippen LogP contribution < -0.4 is 15.6 Å². The average Bonchev–Trinajstić information content (AvgIpc) is 2.85. The molecule has 0 aliphatic carbocycles. The van der Waals surface area contributed by atoms with Crippen molar-refractivity contribution in [2.24, 2.45) is 7.05 Å². The summed E-state index contributed by atoms with van der Waals surface area (Å²) in [6.45, 7) is -0.0553. The Kier molecular flexibility index (Phi) is 6.45. The number of aromatic nitrogens is 2. The molecule has 0 radical (unpaired) electrons. The number of hydrogen-bond donors (Lipinski definition) is 1. The van der Waals surface area contributed by atoms with Gasteiger partial charge in [0.2, 0.25) is 0 Å².